The molecule has 0 spiro atoms. The van der Waals surface area contributed by atoms with Gasteiger partial charge in [0.05, 0.1) is 10.0 Å². The number of nitrogens with zero attached hydrogens (tertiary/aromatic N) is 2. The first-order valence-corrected chi connectivity index (χ1v) is 14.0. The number of amides is 1. The number of aromatic amines is 1. The van der Waals surface area contributed by atoms with Crippen molar-refractivity contribution in [3.8, 4) is 0 Å². The van der Waals surface area contributed by atoms with Crippen molar-refractivity contribution < 1.29 is 4.79 Å². The van der Waals surface area contributed by atoms with E-state index in [0.29, 0.717) is 21.9 Å². The van der Waals surface area contributed by atoms with Gasteiger partial charge in [0.25, 0.3) is 0 Å². The third kappa shape index (κ3) is 6.16. The number of halogens is 2. The predicted octanol–water partition coefficient (Wildman–Crippen LogP) is 7.39. The summed E-state index contributed by atoms with van der Waals surface area (Å²) >= 11 is 12.1. The molecule has 5 rings (SSSR count). The molecule has 3 heterocycles. The molecule has 4 nitrogen and oxygen atoms in total. The molecule has 6 heteroatoms. The van der Waals surface area contributed by atoms with E-state index in [2.05, 4.69) is 40.3 Å². The van der Waals surface area contributed by atoms with Crippen LogP contribution in [0.2, 0.25) is 10.0 Å². The zero-order chi connectivity index (χ0) is 24.9. The number of carbonyl (C=O) groups is 1. The monoisotopic (exact) mass is 523 g/mol. The Morgan fingerprint density at radius 2 is 1.86 bits per heavy atom. The zero-order valence-electron chi connectivity index (χ0n) is 20.8. The summed E-state index contributed by atoms with van der Waals surface area (Å²) in [6, 6.07) is 14.1. The van der Waals surface area contributed by atoms with E-state index in [1.54, 1.807) is 18.2 Å². The molecular formula is C30H35Cl2N3O. The summed E-state index contributed by atoms with van der Waals surface area (Å²) in [6.07, 6.45) is 12.9. The van der Waals surface area contributed by atoms with Crippen LogP contribution in [-0.2, 0) is 4.79 Å². The molecule has 0 aliphatic carbocycles. The Morgan fingerprint density at radius 1 is 1.03 bits per heavy atom. The van der Waals surface area contributed by atoms with Crippen molar-refractivity contribution in [2.45, 2.75) is 44.4 Å². The van der Waals surface area contributed by atoms with Gasteiger partial charge in [0.2, 0.25) is 5.91 Å². The predicted molar refractivity (Wildman–Crippen MR) is 151 cm³/mol. The van der Waals surface area contributed by atoms with E-state index in [4.69, 9.17) is 23.2 Å². The molecule has 36 heavy (non-hydrogen) atoms. The summed E-state index contributed by atoms with van der Waals surface area (Å²) in [5, 5.41) is 2.42. The second-order valence-corrected chi connectivity index (χ2v) is 11.2. The van der Waals surface area contributed by atoms with Gasteiger partial charge in [0.15, 0.2) is 0 Å². The van der Waals surface area contributed by atoms with Gasteiger partial charge in [-0.05, 0) is 105 Å². The molecular weight excluding hydrogens is 489 g/mol. The van der Waals surface area contributed by atoms with Crippen LogP contribution in [-0.4, -0.2) is 53.4 Å². The highest BCUT2D eigenvalue weighted by atomic mass is 35.5. The van der Waals surface area contributed by atoms with Crippen LogP contribution in [0.4, 0.5) is 0 Å². The number of aromatic nitrogens is 1. The Hall–Kier alpha value is -2.27. The normalized spacial score (nSPS) is 19.9. The number of hydrogen-bond acceptors (Lipinski definition) is 2. The van der Waals surface area contributed by atoms with Crippen LogP contribution < -0.4 is 0 Å². The number of piperidine rings is 2. The maximum absolute atomic E-state index is 12.8. The summed E-state index contributed by atoms with van der Waals surface area (Å²) in [5.41, 5.74) is 3.63. The molecule has 1 aromatic heterocycles. The molecule has 3 aromatic rings. The molecule has 1 amide bonds. The Balaban J connectivity index is 1.04. The number of para-hydroxylation sites is 1. The molecule has 2 aliphatic heterocycles. The number of hydrogen-bond donors (Lipinski definition) is 1. The molecule has 2 fully saturated rings. The van der Waals surface area contributed by atoms with Gasteiger partial charge in [-0.15, -0.1) is 0 Å². The molecule has 2 aliphatic rings. The van der Waals surface area contributed by atoms with Crippen molar-refractivity contribution in [2.75, 3.05) is 32.7 Å². The standard InChI is InChI=1S/C30H35Cl2N3O/c31-27-11-9-22(19-28(27)32)10-12-30(36)35-16-4-6-23(21-35)5-3-15-34-17-13-24(14-18-34)26-20-33-29-8-2-1-7-25(26)29/h1-2,7-12,19-20,23-24,33H,3-6,13-18,21H2/b12-10+. The lowest BCUT2D eigenvalue weighted by Gasteiger charge is -2.34. The number of nitrogens with one attached hydrogen (secondary N) is 1. The Labute approximate surface area is 224 Å². The van der Waals surface area contributed by atoms with Gasteiger partial charge in [-0.3, -0.25) is 4.79 Å². The minimum absolute atomic E-state index is 0.0881. The van der Waals surface area contributed by atoms with Gasteiger partial charge < -0.3 is 14.8 Å². The summed E-state index contributed by atoms with van der Waals surface area (Å²) in [4.78, 5) is 20.9. The molecule has 0 saturated carbocycles. The second-order valence-electron chi connectivity index (χ2n) is 10.3. The Kier molecular flexibility index (Phi) is 8.36. The third-order valence-electron chi connectivity index (χ3n) is 7.93. The first-order chi connectivity index (χ1) is 17.6. The van der Waals surface area contributed by atoms with E-state index in [-0.39, 0.29) is 5.91 Å². The summed E-state index contributed by atoms with van der Waals surface area (Å²) in [7, 11) is 0. The molecule has 0 bridgehead atoms. The molecule has 2 saturated heterocycles. The SMILES string of the molecule is O=C(/C=C/c1ccc(Cl)c(Cl)c1)N1CCCC(CCCN2CCC(c3c[nH]c4ccccc34)CC2)C1. The molecule has 1 N–H and O–H groups in total. The number of H-pyrrole nitrogens is 1. The average molecular weight is 525 g/mol. The topological polar surface area (TPSA) is 39.3 Å². The highest BCUT2D eigenvalue weighted by Crippen LogP contribution is 2.33. The van der Waals surface area contributed by atoms with Gasteiger partial charge in [-0.1, -0.05) is 47.5 Å². The van der Waals surface area contributed by atoms with Gasteiger partial charge in [0, 0.05) is 36.3 Å². The fraction of sp³-hybridized carbons (Fsp3) is 0.433. The van der Waals surface area contributed by atoms with E-state index in [1.165, 1.54) is 68.2 Å². The van der Waals surface area contributed by atoms with E-state index in [9.17, 15) is 4.79 Å². The minimum Gasteiger partial charge on any atom is -0.361 e. The fourth-order valence-corrected chi connectivity index (χ4v) is 6.20. The summed E-state index contributed by atoms with van der Waals surface area (Å²) in [5.74, 6) is 1.35. The number of rotatable bonds is 7. The minimum atomic E-state index is 0.0881. The maximum Gasteiger partial charge on any atom is 0.246 e. The van der Waals surface area contributed by atoms with Gasteiger partial charge in [-0.25, -0.2) is 0 Å². The smallest absolute Gasteiger partial charge is 0.246 e. The van der Waals surface area contributed by atoms with Crippen molar-refractivity contribution in [2.24, 2.45) is 5.92 Å². The molecule has 1 atom stereocenters. The van der Waals surface area contributed by atoms with Crippen molar-refractivity contribution in [1.29, 1.82) is 0 Å². The van der Waals surface area contributed by atoms with Gasteiger partial charge >= 0.3 is 0 Å². The van der Waals surface area contributed by atoms with Gasteiger partial charge in [0.1, 0.15) is 0 Å². The van der Waals surface area contributed by atoms with Crippen molar-refractivity contribution in [3.05, 3.63) is 75.9 Å². The maximum atomic E-state index is 12.8. The van der Waals surface area contributed by atoms with E-state index < -0.39 is 0 Å². The number of likely N-dealkylation sites (tertiary alicyclic amines) is 2. The van der Waals surface area contributed by atoms with Crippen LogP contribution in [0.25, 0.3) is 17.0 Å². The first kappa shape index (κ1) is 25.4. The van der Waals surface area contributed by atoms with E-state index in [0.717, 1.165) is 25.1 Å². The lowest BCUT2D eigenvalue weighted by Crippen LogP contribution is -2.39. The molecule has 0 radical (unpaired) electrons. The van der Waals surface area contributed by atoms with Crippen LogP contribution in [0.15, 0.2) is 54.7 Å². The van der Waals surface area contributed by atoms with Crippen LogP contribution in [0.1, 0.15) is 55.6 Å². The fourth-order valence-electron chi connectivity index (χ4n) is 5.89. The average Bonchev–Trinajstić information content (AvgIpc) is 3.34. The lowest BCUT2D eigenvalue weighted by atomic mass is 9.89. The Bertz CT molecular complexity index is 1210. The lowest BCUT2D eigenvalue weighted by molar-refractivity contribution is -0.127. The highest BCUT2D eigenvalue weighted by Gasteiger charge is 2.24. The number of carbonyl (C=O) groups excluding carboxylic acids is 1. The Morgan fingerprint density at radius 3 is 2.69 bits per heavy atom. The quantitative estimate of drug-likeness (QED) is 0.328. The number of benzene rings is 2. The van der Waals surface area contributed by atoms with Crippen LogP contribution in [0.5, 0.6) is 0 Å². The van der Waals surface area contributed by atoms with Gasteiger partial charge in [-0.2, -0.15) is 0 Å². The van der Waals surface area contributed by atoms with Crippen molar-refractivity contribution in [1.82, 2.24) is 14.8 Å². The summed E-state index contributed by atoms with van der Waals surface area (Å²) < 4.78 is 0. The van der Waals surface area contributed by atoms with E-state index in [1.807, 2.05) is 17.0 Å². The summed E-state index contributed by atoms with van der Waals surface area (Å²) in [6.45, 7) is 5.25. The van der Waals surface area contributed by atoms with Crippen LogP contribution in [0.3, 0.4) is 0 Å². The van der Waals surface area contributed by atoms with Crippen LogP contribution in [0, 0.1) is 5.92 Å². The molecule has 2 aromatic carbocycles. The van der Waals surface area contributed by atoms with Crippen molar-refractivity contribution in [3.63, 3.8) is 0 Å². The third-order valence-corrected chi connectivity index (χ3v) is 8.67. The largest absolute Gasteiger partial charge is 0.361 e. The zero-order valence-corrected chi connectivity index (χ0v) is 22.3. The molecule has 190 valence electrons. The highest BCUT2D eigenvalue weighted by molar-refractivity contribution is 6.42. The number of fused-ring (bicyclic) bond motifs is 1. The second kappa shape index (κ2) is 11.9. The molecule has 1 unspecified atom stereocenters. The first-order valence-electron chi connectivity index (χ1n) is 13.3. The van der Waals surface area contributed by atoms with Crippen molar-refractivity contribution >= 4 is 46.1 Å². The van der Waals surface area contributed by atoms with E-state index >= 15 is 0 Å². The van der Waals surface area contributed by atoms with Crippen LogP contribution >= 0.6 is 23.2 Å².